The second kappa shape index (κ2) is 6.59. The molecule has 0 spiro atoms. The Morgan fingerprint density at radius 1 is 0.920 bits per heavy atom. The molecule has 1 atom stereocenters. The van der Waals surface area contributed by atoms with Crippen LogP contribution in [0.1, 0.15) is 19.3 Å². The molecule has 1 aliphatic heterocycles. The number of para-hydroxylation sites is 1. The number of anilines is 3. The molecule has 2 aliphatic rings. The smallest absolute Gasteiger partial charge is 0.229 e. The highest BCUT2D eigenvalue weighted by molar-refractivity contribution is 5.97. The van der Waals surface area contributed by atoms with Crippen LogP contribution in [0.25, 0.3) is 0 Å². The SMILES string of the molecule is O=C(Nc1ccc(Nc2ccccc2)cc1)[C@@H]1CC(=O)N(C2CC2)C1. The summed E-state index contributed by atoms with van der Waals surface area (Å²) in [6.45, 7) is 0.559. The quantitative estimate of drug-likeness (QED) is 0.880. The van der Waals surface area contributed by atoms with Gasteiger partial charge < -0.3 is 15.5 Å². The van der Waals surface area contributed by atoms with Crippen molar-refractivity contribution in [1.82, 2.24) is 4.90 Å². The van der Waals surface area contributed by atoms with E-state index in [0.717, 1.165) is 29.9 Å². The summed E-state index contributed by atoms with van der Waals surface area (Å²) in [6.07, 6.45) is 2.49. The van der Waals surface area contributed by atoms with Crippen molar-refractivity contribution < 1.29 is 9.59 Å². The molecule has 2 fully saturated rings. The zero-order chi connectivity index (χ0) is 17.2. The van der Waals surface area contributed by atoms with E-state index >= 15 is 0 Å². The molecule has 1 aliphatic carbocycles. The monoisotopic (exact) mass is 335 g/mol. The van der Waals surface area contributed by atoms with Crippen molar-refractivity contribution in [2.24, 2.45) is 5.92 Å². The first-order chi connectivity index (χ1) is 12.2. The van der Waals surface area contributed by atoms with E-state index in [0.29, 0.717) is 19.0 Å². The maximum Gasteiger partial charge on any atom is 0.229 e. The molecule has 4 rings (SSSR count). The van der Waals surface area contributed by atoms with E-state index in [1.165, 1.54) is 0 Å². The van der Waals surface area contributed by atoms with E-state index in [1.807, 2.05) is 59.5 Å². The van der Waals surface area contributed by atoms with Gasteiger partial charge in [0, 0.05) is 36.1 Å². The summed E-state index contributed by atoms with van der Waals surface area (Å²) in [6, 6.07) is 17.9. The number of nitrogens with one attached hydrogen (secondary N) is 2. The third kappa shape index (κ3) is 3.65. The first kappa shape index (κ1) is 15.7. The Balaban J connectivity index is 1.34. The molecule has 2 amide bonds. The van der Waals surface area contributed by atoms with Gasteiger partial charge in [0.05, 0.1) is 5.92 Å². The van der Waals surface area contributed by atoms with Gasteiger partial charge in [-0.2, -0.15) is 0 Å². The van der Waals surface area contributed by atoms with Crippen molar-refractivity contribution >= 4 is 28.9 Å². The lowest BCUT2D eigenvalue weighted by Gasteiger charge is -2.15. The van der Waals surface area contributed by atoms with Gasteiger partial charge in [-0.1, -0.05) is 18.2 Å². The number of carbonyl (C=O) groups excluding carboxylic acids is 2. The zero-order valence-corrected chi connectivity index (χ0v) is 13.9. The number of amides is 2. The van der Waals surface area contributed by atoms with E-state index < -0.39 is 0 Å². The van der Waals surface area contributed by atoms with Crippen molar-refractivity contribution in [3.63, 3.8) is 0 Å². The summed E-state index contributed by atoms with van der Waals surface area (Å²) in [5.74, 6) is -0.194. The minimum absolute atomic E-state index is 0.0692. The van der Waals surface area contributed by atoms with Crippen LogP contribution in [0.5, 0.6) is 0 Å². The number of hydrogen-bond acceptors (Lipinski definition) is 3. The first-order valence-corrected chi connectivity index (χ1v) is 8.71. The van der Waals surface area contributed by atoms with Crippen molar-refractivity contribution in [3.05, 3.63) is 54.6 Å². The maximum absolute atomic E-state index is 12.4. The van der Waals surface area contributed by atoms with E-state index in [9.17, 15) is 9.59 Å². The molecule has 2 aromatic rings. The number of carbonyl (C=O) groups is 2. The number of rotatable bonds is 5. The molecule has 1 saturated carbocycles. The van der Waals surface area contributed by atoms with Gasteiger partial charge in [-0.25, -0.2) is 0 Å². The van der Waals surface area contributed by atoms with Crippen molar-refractivity contribution in [2.45, 2.75) is 25.3 Å². The van der Waals surface area contributed by atoms with Gasteiger partial charge >= 0.3 is 0 Å². The van der Waals surface area contributed by atoms with E-state index in [4.69, 9.17) is 0 Å². The summed E-state index contributed by atoms with van der Waals surface area (Å²) in [7, 11) is 0. The van der Waals surface area contributed by atoms with Crippen LogP contribution < -0.4 is 10.6 Å². The first-order valence-electron chi connectivity index (χ1n) is 8.71. The van der Waals surface area contributed by atoms with Gasteiger partial charge in [0.1, 0.15) is 0 Å². The van der Waals surface area contributed by atoms with Crippen LogP contribution in [0.4, 0.5) is 17.1 Å². The van der Waals surface area contributed by atoms with Crippen molar-refractivity contribution in [3.8, 4) is 0 Å². The molecule has 25 heavy (non-hydrogen) atoms. The highest BCUT2D eigenvalue weighted by Crippen LogP contribution is 2.33. The Labute approximate surface area is 147 Å². The molecule has 0 radical (unpaired) electrons. The van der Waals surface area contributed by atoms with E-state index in [2.05, 4.69) is 10.6 Å². The largest absolute Gasteiger partial charge is 0.356 e. The van der Waals surface area contributed by atoms with Crippen LogP contribution >= 0.6 is 0 Å². The lowest BCUT2D eigenvalue weighted by molar-refractivity contribution is -0.128. The standard InChI is InChI=1S/C20H21N3O2/c24-19-12-14(13-23(19)18-10-11-18)20(25)22-17-8-6-16(7-9-17)21-15-4-2-1-3-5-15/h1-9,14,18,21H,10-13H2,(H,22,25)/t14-/m1/s1. The summed E-state index contributed by atoms with van der Waals surface area (Å²) in [4.78, 5) is 26.3. The van der Waals surface area contributed by atoms with Crippen molar-refractivity contribution in [1.29, 1.82) is 0 Å². The summed E-state index contributed by atoms with van der Waals surface area (Å²) >= 11 is 0. The number of likely N-dealkylation sites (tertiary alicyclic amines) is 1. The van der Waals surface area contributed by atoms with Crippen LogP contribution in [0, 0.1) is 5.92 Å². The Morgan fingerprint density at radius 3 is 2.24 bits per heavy atom. The molecule has 0 aromatic heterocycles. The average molecular weight is 335 g/mol. The summed E-state index contributed by atoms with van der Waals surface area (Å²) in [5.41, 5.74) is 2.73. The molecular weight excluding hydrogens is 314 g/mol. The molecule has 0 bridgehead atoms. The van der Waals surface area contributed by atoms with Crippen LogP contribution in [-0.4, -0.2) is 29.3 Å². The minimum Gasteiger partial charge on any atom is -0.356 e. The van der Waals surface area contributed by atoms with Crippen LogP contribution in [0.15, 0.2) is 54.6 Å². The molecular formula is C20H21N3O2. The second-order valence-corrected chi connectivity index (χ2v) is 6.74. The lowest BCUT2D eigenvalue weighted by atomic mass is 10.1. The fraction of sp³-hybridized carbons (Fsp3) is 0.300. The fourth-order valence-corrected chi connectivity index (χ4v) is 3.22. The second-order valence-electron chi connectivity index (χ2n) is 6.74. The number of hydrogen-bond donors (Lipinski definition) is 2. The third-order valence-corrected chi connectivity index (χ3v) is 4.73. The molecule has 1 heterocycles. The average Bonchev–Trinajstić information content (AvgIpc) is 3.39. The molecule has 1 saturated heterocycles. The predicted molar refractivity (Wildman–Crippen MR) is 97.6 cm³/mol. The van der Waals surface area contributed by atoms with Crippen LogP contribution in [0.2, 0.25) is 0 Å². The maximum atomic E-state index is 12.4. The van der Waals surface area contributed by atoms with Crippen LogP contribution in [0.3, 0.4) is 0 Å². The van der Waals surface area contributed by atoms with E-state index in [1.54, 1.807) is 0 Å². The van der Waals surface area contributed by atoms with E-state index in [-0.39, 0.29) is 17.7 Å². The summed E-state index contributed by atoms with van der Waals surface area (Å²) < 4.78 is 0. The highest BCUT2D eigenvalue weighted by atomic mass is 16.2. The predicted octanol–water partition coefficient (Wildman–Crippen LogP) is 3.38. The van der Waals surface area contributed by atoms with Gasteiger partial charge in [0.15, 0.2) is 0 Å². The Kier molecular flexibility index (Phi) is 4.14. The summed E-state index contributed by atoms with van der Waals surface area (Å²) in [5, 5.41) is 6.24. The molecule has 2 aromatic carbocycles. The molecule has 128 valence electrons. The Morgan fingerprint density at radius 2 is 1.56 bits per heavy atom. The van der Waals surface area contributed by atoms with Gasteiger partial charge in [-0.3, -0.25) is 9.59 Å². The van der Waals surface area contributed by atoms with Gasteiger partial charge in [-0.05, 0) is 49.2 Å². The van der Waals surface area contributed by atoms with Gasteiger partial charge in [0.25, 0.3) is 0 Å². The minimum atomic E-state index is -0.241. The molecule has 2 N–H and O–H groups in total. The van der Waals surface area contributed by atoms with Crippen molar-refractivity contribution in [2.75, 3.05) is 17.2 Å². The molecule has 0 unspecified atom stereocenters. The normalized spacial score (nSPS) is 19.8. The topological polar surface area (TPSA) is 61.4 Å². The Hall–Kier alpha value is -2.82. The van der Waals surface area contributed by atoms with Gasteiger partial charge in [-0.15, -0.1) is 0 Å². The third-order valence-electron chi connectivity index (χ3n) is 4.73. The number of nitrogens with zero attached hydrogens (tertiary/aromatic N) is 1. The zero-order valence-electron chi connectivity index (χ0n) is 13.9. The molecule has 5 heteroatoms. The fourth-order valence-electron chi connectivity index (χ4n) is 3.22. The van der Waals surface area contributed by atoms with Crippen LogP contribution in [-0.2, 0) is 9.59 Å². The molecule has 5 nitrogen and oxygen atoms in total. The van der Waals surface area contributed by atoms with Gasteiger partial charge in [0.2, 0.25) is 11.8 Å². The lowest BCUT2D eigenvalue weighted by Crippen LogP contribution is -2.29. The number of benzene rings is 2. The highest BCUT2D eigenvalue weighted by Gasteiger charge is 2.41. The Bertz CT molecular complexity index is 769.